The van der Waals surface area contributed by atoms with E-state index in [0.717, 1.165) is 18.4 Å². The molecule has 0 saturated carbocycles. The molecule has 0 amide bonds. The molecule has 1 aromatic heterocycles. The number of nitrogens with zero attached hydrogens (tertiary/aromatic N) is 3. The second kappa shape index (κ2) is 8.20. The Hall–Kier alpha value is -3.01. The molecule has 2 rings (SSSR count). The van der Waals surface area contributed by atoms with Crippen molar-refractivity contribution in [3.63, 3.8) is 0 Å². The number of aromatic amines is 1. The van der Waals surface area contributed by atoms with Crippen LogP contribution in [0.3, 0.4) is 0 Å². The summed E-state index contributed by atoms with van der Waals surface area (Å²) in [6.07, 6.45) is 1.71. The first-order valence-electron chi connectivity index (χ1n) is 8.38. The molecule has 0 radical (unpaired) electrons. The SMILES string of the molecule is CCCCn1c(N)c(N(CC)Cc2cccc(C#N)c2)c(=O)[nH]c1=O. The number of rotatable bonds is 7. The average molecular weight is 341 g/mol. The van der Waals surface area contributed by atoms with Crippen LogP contribution in [-0.4, -0.2) is 16.1 Å². The van der Waals surface area contributed by atoms with Crippen molar-refractivity contribution in [2.24, 2.45) is 0 Å². The van der Waals surface area contributed by atoms with E-state index in [-0.39, 0.29) is 5.82 Å². The van der Waals surface area contributed by atoms with E-state index in [9.17, 15) is 9.59 Å². The van der Waals surface area contributed by atoms with Crippen molar-refractivity contribution in [2.75, 3.05) is 17.2 Å². The Morgan fingerprint density at radius 2 is 2.08 bits per heavy atom. The molecule has 0 atom stereocenters. The smallest absolute Gasteiger partial charge is 0.330 e. The molecule has 0 aliphatic rings. The number of nitriles is 1. The zero-order valence-corrected chi connectivity index (χ0v) is 14.6. The van der Waals surface area contributed by atoms with Gasteiger partial charge in [0, 0.05) is 19.6 Å². The fraction of sp³-hybridized carbons (Fsp3) is 0.389. The van der Waals surface area contributed by atoms with Crippen molar-refractivity contribution in [3.05, 3.63) is 56.2 Å². The van der Waals surface area contributed by atoms with E-state index in [4.69, 9.17) is 11.0 Å². The number of hydrogen-bond acceptors (Lipinski definition) is 5. The van der Waals surface area contributed by atoms with Gasteiger partial charge in [-0.1, -0.05) is 25.5 Å². The van der Waals surface area contributed by atoms with E-state index >= 15 is 0 Å². The van der Waals surface area contributed by atoms with Crippen molar-refractivity contribution in [1.82, 2.24) is 9.55 Å². The van der Waals surface area contributed by atoms with Crippen LogP contribution in [0.25, 0.3) is 0 Å². The van der Waals surface area contributed by atoms with Gasteiger partial charge in [-0.05, 0) is 31.0 Å². The van der Waals surface area contributed by atoms with Crippen LogP contribution in [0, 0.1) is 11.3 Å². The van der Waals surface area contributed by atoms with Gasteiger partial charge in [0.05, 0.1) is 11.6 Å². The summed E-state index contributed by atoms with van der Waals surface area (Å²) in [6.45, 7) is 5.36. The highest BCUT2D eigenvalue weighted by molar-refractivity contribution is 5.62. The van der Waals surface area contributed by atoms with Crippen LogP contribution in [0.2, 0.25) is 0 Å². The highest BCUT2D eigenvalue weighted by Gasteiger charge is 2.18. The largest absolute Gasteiger partial charge is 0.383 e. The van der Waals surface area contributed by atoms with Gasteiger partial charge < -0.3 is 10.6 Å². The molecule has 0 saturated heterocycles. The lowest BCUT2D eigenvalue weighted by atomic mass is 10.1. The molecule has 132 valence electrons. The summed E-state index contributed by atoms with van der Waals surface area (Å²) in [6, 6.07) is 9.30. The van der Waals surface area contributed by atoms with Crippen LogP contribution < -0.4 is 21.9 Å². The summed E-state index contributed by atoms with van der Waals surface area (Å²) in [7, 11) is 0. The van der Waals surface area contributed by atoms with Crippen LogP contribution in [0.15, 0.2) is 33.9 Å². The molecule has 0 aliphatic heterocycles. The maximum Gasteiger partial charge on any atom is 0.330 e. The molecule has 1 heterocycles. The van der Waals surface area contributed by atoms with Gasteiger partial charge in [-0.2, -0.15) is 5.26 Å². The minimum atomic E-state index is -0.492. The zero-order valence-electron chi connectivity index (χ0n) is 14.6. The highest BCUT2D eigenvalue weighted by Crippen LogP contribution is 2.19. The second-order valence-corrected chi connectivity index (χ2v) is 5.82. The standard InChI is InChI=1S/C18H23N5O2/c1-3-5-9-23-16(20)15(17(24)21-18(23)25)22(4-2)12-14-8-6-7-13(10-14)11-19/h6-8,10H,3-5,9,12,20H2,1-2H3,(H,21,24,25). The lowest BCUT2D eigenvalue weighted by Crippen LogP contribution is -2.38. The van der Waals surface area contributed by atoms with Crippen molar-refractivity contribution in [1.29, 1.82) is 5.26 Å². The Balaban J connectivity index is 2.44. The molecule has 0 fully saturated rings. The number of H-pyrrole nitrogens is 1. The first-order valence-corrected chi connectivity index (χ1v) is 8.38. The third-order valence-electron chi connectivity index (χ3n) is 4.08. The van der Waals surface area contributed by atoms with Crippen LogP contribution in [0.4, 0.5) is 11.5 Å². The third kappa shape index (κ3) is 4.10. The van der Waals surface area contributed by atoms with Gasteiger partial charge >= 0.3 is 5.69 Å². The topological polar surface area (TPSA) is 108 Å². The third-order valence-corrected chi connectivity index (χ3v) is 4.08. The van der Waals surface area contributed by atoms with Crippen molar-refractivity contribution in [2.45, 2.75) is 39.8 Å². The van der Waals surface area contributed by atoms with E-state index in [0.29, 0.717) is 30.9 Å². The van der Waals surface area contributed by atoms with Gasteiger partial charge in [0.2, 0.25) is 0 Å². The van der Waals surface area contributed by atoms with Gasteiger partial charge in [-0.3, -0.25) is 14.3 Å². The van der Waals surface area contributed by atoms with Crippen LogP contribution in [0.1, 0.15) is 37.8 Å². The Labute approximate surface area is 146 Å². The number of aromatic nitrogens is 2. The Bertz CT molecular complexity index is 892. The quantitative estimate of drug-likeness (QED) is 0.798. The number of anilines is 2. The molecule has 1 aromatic carbocycles. The molecular weight excluding hydrogens is 318 g/mol. The number of unbranched alkanes of at least 4 members (excludes halogenated alkanes) is 1. The monoisotopic (exact) mass is 341 g/mol. The molecule has 7 heteroatoms. The van der Waals surface area contributed by atoms with E-state index in [2.05, 4.69) is 11.1 Å². The van der Waals surface area contributed by atoms with Gasteiger partial charge in [0.25, 0.3) is 5.56 Å². The maximum absolute atomic E-state index is 12.4. The normalized spacial score (nSPS) is 10.4. The number of hydrogen-bond donors (Lipinski definition) is 2. The molecule has 0 aliphatic carbocycles. The summed E-state index contributed by atoms with van der Waals surface area (Å²) < 4.78 is 1.41. The van der Waals surface area contributed by atoms with Gasteiger partial charge in [-0.15, -0.1) is 0 Å². The summed E-state index contributed by atoms with van der Waals surface area (Å²) >= 11 is 0. The Kier molecular flexibility index (Phi) is 6.01. The zero-order chi connectivity index (χ0) is 18.4. The van der Waals surface area contributed by atoms with Gasteiger partial charge in [0.1, 0.15) is 11.5 Å². The number of nitrogens with two attached hydrogens (primary N) is 1. The first-order chi connectivity index (χ1) is 12.0. The molecule has 0 bridgehead atoms. The fourth-order valence-corrected chi connectivity index (χ4v) is 2.73. The molecular formula is C18H23N5O2. The second-order valence-electron chi connectivity index (χ2n) is 5.82. The first kappa shape index (κ1) is 18.3. The van der Waals surface area contributed by atoms with Gasteiger partial charge in [0.15, 0.2) is 0 Å². The van der Waals surface area contributed by atoms with Crippen molar-refractivity contribution in [3.8, 4) is 6.07 Å². The highest BCUT2D eigenvalue weighted by atomic mass is 16.2. The van der Waals surface area contributed by atoms with E-state index < -0.39 is 11.2 Å². The van der Waals surface area contributed by atoms with E-state index in [1.54, 1.807) is 18.2 Å². The number of nitrogens with one attached hydrogen (secondary N) is 1. The minimum absolute atomic E-state index is 0.181. The Morgan fingerprint density at radius 3 is 2.72 bits per heavy atom. The maximum atomic E-state index is 12.4. The Morgan fingerprint density at radius 1 is 1.32 bits per heavy atom. The van der Waals surface area contributed by atoms with E-state index in [1.165, 1.54) is 4.57 Å². The molecule has 0 unspecified atom stereocenters. The number of nitrogen functional groups attached to an aromatic ring is 1. The lowest BCUT2D eigenvalue weighted by molar-refractivity contribution is 0.602. The molecule has 3 N–H and O–H groups in total. The van der Waals surface area contributed by atoms with Crippen LogP contribution in [0.5, 0.6) is 0 Å². The molecule has 2 aromatic rings. The lowest BCUT2D eigenvalue weighted by Gasteiger charge is -2.25. The van der Waals surface area contributed by atoms with Crippen molar-refractivity contribution >= 4 is 11.5 Å². The summed E-state index contributed by atoms with van der Waals surface area (Å²) in [5.74, 6) is 0.181. The molecule has 7 nitrogen and oxygen atoms in total. The predicted octanol–water partition coefficient (Wildman–Crippen LogP) is 1.82. The van der Waals surface area contributed by atoms with E-state index in [1.807, 2.05) is 24.8 Å². The van der Waals surface area contributed by atoms with Crippen LogP contribution >= 0.6 is 0 Å². The number of benzene rings is 1. The van der Waals surface area contributed by atoms with Crippen LogP contribution in [-0.2, 0) is 13.1 Å². The minimum Gasteiger partial charge on any atom is -0.383 e. The average Bonchev–Trinajstić information content (AvgIpc) is 2.60. The molecule has 0 spiro atoms. The summed E-state index contributed by atoms with van der Waals surface area (Å²) in [5.41, 5.74) is 6.93. The van der Waals surface area contributed by atoms with Gasteiger partial charge in [-0.25, -0.2) is 4.79 Å². The van der Waals surface area contributed by atoms with Crippen molar-refractivity contribution < 1.29 is 0 Å². The summed E-state index contributed by atoms with van der Waals surface area (Å²) in [5, 5.41) is 9.03. The fourth-order valence-electron chi connectivity index (χ4n) is 2.73. The predicted molar refractivity (Wildman–Crippen MR) is 98.5 cm³/mol. The summed E-state index contributed by atoms with van der Waals surface area (Å²) in [4.78, 5) is 28.6. The molecule has 25 heavy (non-hydrogen) atoms.